The van der Waals surface area contributed by atoms with Gasteiger partial charge in [0.1, 0.15) is 30.0 Å². The Balaban J connectivity index is 1.46. The van der Waals surface area contributed by atoms with E-state index < -0.39 is 139 Å². The second-order valence-corrected chi connectivity index (χ2v) is 26.1. The van der Waals surface area contributed by atoms with Crippen molar-refractivity contribution in [1.82, 2.24) is 5.32 Å². The molecule has 17 heteroatoms. The number of ketones is 1. The van der Waals surface area contributed by atoms with Gasteiger partial charge in [-0.2, -0.15) is 0 Å². The van der Waals surface area contributed by atoms with Crippen molar-refractivity contribution < 1.29 is 72.2 Å². The van der Waals surface area contributed by atoms with Crippen LogP contribution in [0.4, 0.5) is 0 Å². The van der Waals surface area contributed by atoms with Crippen LogP contribution in [0.3, 0.4) is 0 Å². The molecule has 4 N–H and O–H groups in total. The first kappa shape index (κ1) is 52.3. The topological polar surface area (TPSA) is 231 Å². The van der Waals surface area contributed by atoms with E-state index in [0.29, 0.717) is 11.1 Å². The largest absolute Gasteiger partial charge is 0.456 e. The molecule has 0 radical (unpaired) electrons. The van der Waals surface area contributed by atoms with Gasteiger partial charge in [0.2, 0.25) is 0 Å². The molecule has 7 rings (SSSR count). The van der Waals surface area contributed by atoms with Crippen LogP contribution < -0.4 is 5.32 Å². The number of Topliss-reactive ketones (excluding diaryl/α,β-unsaturated/α-hetero) is 1. The van der Waals surface area contributed by atoms with E-state index in [1.54, 1.807) is 99.6 Å². The molecule has 0 aromatic heterocycles. The SMILES string of the molecule is CC(=O)O[C@@H]1C(=O)[C@]2(C)C([C@@H](OC(=O)c3ccccc3)[C@@]3(O)C[C@@H](OC(=O)[C@@H](O[Si](C)(C)C(C)(C)C)[C@H](NC(=O)c4ccccc4)c4ccccc4)C(C)=C1C3(C)C)[C@@]1(OC(C)=O)CO[C@H]1[C@H](O)[C@@H]2O. The molecule has 1 aliphatic heterocycles. The summed E-state index contributed by atoms with van der Waals surface area (Å²) in [5, 5.41) is 40.5. The summed E-state index contributed by atoms with van der Waals surface area (Å²) in [7, 11) is -2.96. The van der Waals surface area contributed by atoms with E-state index in [1.165, 1.54) is 19.1 Å². The van der Waals surface area contributed by atoms with Crippen LogP contribution in [0.25, 0.3) is 0 Å². The van der Waals surface area contributed by atoms with Crippen LogP contribution in [0.1, 0.15) is 101 Å². The Morgan fingerprint density at radius 2 is 1.37 bits per heavy atom. The maximum atomic E-state index is 15.8. The Morgan fingerprint density at radius 3 is 1.89 bits per heavy atom. The minimum absolute atomic E-state index is 0.0336. The van der Waals surface area contributed by atoms with Crippen molar-refractivity contribution in [1.29, 1.82) is 0 Å². The van der Waals surface area contributed by atoms with Gasteiger partial charge in [0.05, 0.1) is 35.6 Å². The Morgan fingerprint density at radius 1 is 0.814 bits per heavy atom. The van der Waals surface area contributed by atoms with Gasteiger partial charge in [-0.3, -0.25) is 19.2 Å². The maximum absolute atomic E-state index is 15.8. The minimum Gasteiger partial charge on any atom is -0.456 e. The van der Waals surface area contributed by atoms with E-state index in [9.17, 15) is 34.5 Å². The molecule has 376 valence electrons. The number of aliphatic hydroxyl groups excluding tert-OH is 2. The number of ether oxygens (including phenoxy) is 5. The number of carbonyl (C=O) groups excluding carboxylic acids is 6. The summed E-state index contributed by atoms with van der Waals surface area (Å²) in [5.74, 6) is -6.96. The lowest BCUT2D eigenvalue weighted by atomic mass is 9.44. The van der Waals surface area contributed by atoms with Gasteiger partial charge >= 0.3 is 23.9 Å². The second-order valence-electron chi connectivity index (χ2n) is 21.3. The van der Waals surface area contributed by atoms with Crippen LogP contribution in [0.15, 0.2) is 102 Å². The molecule has 16 nitrogen and oxygen atoms in total. The Labute approximate surface area is 409 Å². The second kappa shape index (κ2) is 18.9. The van der Waals surface area contributed by atoms with Gasteiger partial charge in [-0.05, 0) is 73.0 Å². The zero-order chi connectivity index (χ0) is 51.5. The molecule has 12 atom stereocenters. The number of esters is 4. The molecule has 1 amide bonds. The molecule has 0 spiro atoms. The van der Waals surface area contributed by atoms with Crippen LogP contribution in [0.2, 0.25) is 18.1 Å². The normalized spacial score (nSPS) is 31.2. The predicted octanol–water partition coefficient (Wildman–Crippen LogP) is 5.74. The van der Waals surface area contributed by atoms with Gasteiger partial charge in [0.25, 0.3) is 5.91 Å². The maximum Gasteiger partial charge on any atom is 0.338 e. The minimum atomic E-state index is -2.96. The van der Waals surface area contributed by atoms with Gasteiger partial charge in [-0.25, -0.2) is 9.59 Å². The molecule has 3 aliphatic carbocycles. The van der Waals surface area contributed by atoms with Crippen molar-refractivity contribution in [3.05, 3.63) is 119 Å². The van der Waals surface area contributed by atoms with E-state index in [4.69, 9.17) is 28.1 Å². The standard InChI is InChI=1S/C53H65NO15Si/c1-29-35(66-48(62)40(69-70(10,11)49(4,5)6)37(32-21-15-12-16-22-32)54-46(60)33-23-17-13-18-24-33)27-53(63)45(67-47(61)34-25-19-14-20-26-34)41-51(9,43(59)39(65-30(2)55)36(29)50(53,7)8)42(58)38(57)44-52(41,28-64-44)68-31(3)56/h12-26,35,37-42,44-45,57-58,63H,27-28H2,1-11H3,(H,54,60)/t35-,37-,38-,39+,40+,41?,42+,44+,45-,51-,52+,53+/m1/s1. The van der Waals surface area contributed by atoms with Crippen LogP contribution in [0, 0.1) is 16.7 Å². The molecular weight excluding hydrogens is 919 g/mol. The molecule has 4 aliphatic rings. The lowest BCUT2D eigenvalue weighted by Crippen LogP contribution is -2.85. The Bertz CT molecular complexity index is 2540. The van der Waals surface area contributed by atoms with Crippen LogP contribution in [-0.4, -0.2) is 120 Å². The molecular formula is C53H65NO15Si. The highest BCUT2D eigenvalue weighted by Gasteiger charge is 2.80. The fraction of sp³-hybridized carbons (Fsp3) is 0.509. The van der Waals surface area contributed by atoms with E-state index in [1.807, 2.05) is 33.9 Å². The summed E-state index contributed by atoms with van der Waals surface area (Å²) < 4.78 is 37.8. The van der Waals surface area contributed by atoms with Crippen molar-refractivity contribution in [2.75, 3.05) is 6.61 Å². The number of benzene rings is 3. The summed E-state index contributed by atoms with van der Waals surface area (Å²) in [6.07, 6.45) is -12.8. The molecule has 70 heavy (non-hydrogen) atoms. The third-order valence-corrected chi connectivity index (χ3v) is 20.2. The summed E-state index contributed by atoms with van der Waals surface area (Å²) >= 11 is 0. The van der Waals surface area contributed by atoms with E-state index >= 15 is 9.59 Å². The molecule has 2 bridgehead atoms. The fourth-order valence-corrected chi connectivity index (χ4v) is 12.1. The van der Waals surface area contributed by atoms with E-state index in [0.717, 1.165) is 13.8 Å². The van der Waals surface area contributed by atoms with Crippen molar-refractivity contribution in [2.45, 2.75) is 147 Å². The smallest absolute Gasteiger partial charge is 0.338 e. The number of hydrogen-bond donors (Lipinski definition) is 4. The fourth-order valence-electron chi connectivity index (χ4n) is 10.9. The van der Waals surface area contributed by atoms with Crippen LogP contribution >= 0.6 is 0 Å². The monoisotopic (exact) mass is 983 g/mol. The summed E-state index contributed by atoms with van der Waals surface area (Å²) in [5.41, 5.74) is -7.54. The summed E-state index contributed by atoms with van der Waals surface area (Å²) in [6.45, 7) is 17.5. The predicted molar refractivity (Wildman–Crippen MR) is 255 cm³/mol. The number of aliphatic hydroxyl groups is 3. The molecule has 1 unspecified atom stereocenters. The Hall–Kier alpha value is -5.56. The molecule has 1 heterocycles. The molecule has 2 saturated carbocycles. The summed E-state index contributed by atoms with van der Waals surface area (Å²) in [4.78, 5) is 86.3. The number of rotatable bonds is 12. The number of carbonyl (C=O) groups is 6. The van der Waals surface area contributed by atoms with Crippen molar-refractivity contribution in [2.24, 2.45) is 16.7 Å². The number of fused-ring (bicyclic) bond motifs is 5. The molecule has 3 aromatic rings. The zero-order valence-electron chi connectivity index (χ0n) is 41.5. The number of amides is 1. The highest BCUT2D eigenvalue weighted by molar-refractivity contribution is 6.74. The van der Waals surface area contributed by atoms with E-state index in [-0.39, 0.29) is 16.7 Å². The van der Waals surface area contributed by atoms with Crippen LogP contribution in [0.5, 0.6) is 0 Å². The molecule has 1 saturated heterocycles. The third kappa shape index (κ3) is 8.82. The van der Waals surface area contributed by atoms with Gasteiger partial charge in [0.15, 0.2) is 31.9 Å². The summed E-state index contributed by atoms with van der Waals surface area (Å²) in [6, 6.07) is 23.9. The molecule has 3 fully saturated rings. The highest BCUT2D eigenvalue weighted by atomic mass is 28.4. The lowest BCUT2D eigenvalue weighted by molar-refractivity contribution is -0.369. The number of hydrogen-bond acceptors (Lipinski definition) is 15. The van der Waals surface area contributed by atoms with E-state index in [2.05, 4.69) is 5.32 Å². The van der Waals surface area contributed by atoms with Gasteiger partial charge < -0.3 is 48.7 Å². The van der Waals surface area contributed by atoms with Gasteiger partial charge in [-0.15, -0.1) is 0 Å². The first-order valence-corrected chi connectivity index (χ1v) is 26.4. The van der Waals surface area contributed by atoms with Crippen molar-refractivity contribution in [3.63, 3.8) is 0 Å². The van der Waals surface area contributed by atoms with Crippen molar-refractivity contribution in [3.8, 4) is 0 Å². The van der Waals surface area contributed by atoms with Crippen LogP contribution in [-0.2, 0) is 47.3 Å². The quantitative estimate of drug-likeness (QED) is 0.0735. The first-order chi connectivity index (χ1) is 32.6. The van der Waals surface area contributed by atoms with Gasteiger partial charge in [-0.1, -0.05) is 101 Å². The Kier molecular flexibility index (Phi) is 14.1. The van der Waals surface area contributed by atoms with Crippen molar-refractivity contribution >= 4 is 43.9 Å². The average Bonchev–Trinajstić information content (AvgIpc) is 3.29. The van der Waals surface area contributed by atoms with Gasteiger partial charge in [0, 0.05) is 31.2 Å². The molecule has 3 aromatic carbocycles. The third-order valence-electron chi connectivity index (χ3n) is 15.7. The zero-order valence-corrected chi connectivity index (χ0v) is 42.5. The number of nitrogens with one attached hydrogen (secondary N) is 1. The average molecular weight is 984 g/mol. The lowest BCUT2D eigenvalue weighted by Gasteiger charge is -2.68. The highest BCUT2D eigenvalue weighted by Crippen LogP contribution is 2.64. The first-order valence-electron chi connectivity index (χ1n) is 23.5.